The van der Waals surface area contributed by atoms with Gasteiger partial charge in [0, 0.05) is 5.88 Å². The maximum Gasteiger partial charge on any atom is 0.0433 e. The molecule has 0 radical (unpaired) electrons. The normalized spacial score (nSPS) is 27.9. The van der Waals surface area contributed by atoms with Crippen molar-refractivity contribution in [2.45, 2.75) is 81.1 Å². The van der Waals surface area contributed by atoms with Crippen LogP contribution in [-0.2, 0) is 0 Å². The van der Waals surface area contributed by atoms with E-state index in [1.807, 2.05) is 0 Å². The van der Waals surface area contributed by atoms with Crippen LogP contribution in [0.15, 0.2) is 12.2 Å². The molecule has 0 amide bonds. The average Bonchev–Trinajstić information content (AvgIpc) is 2.21. The van der Waals surface area contributed by atoms with Crippen molar-refractivity contribution >= 4 is 11.6 Å². The largest absolute Gasteiger partial charge is 0.122 e. The fraction of sp³-hybridized carbons (Fsp3) is 0.905. The molecule has 130 valence electrons. The highest BCUT2D eigenvalue weighted by molar-refractivity contribution is 6.19. The summed E-state index contributed by atoms with van der Waals surface area (Å²) >= 11 is 6.21. The summed E-state index contributed by atoms with van der Waals surface area (Å²) in [4.78, 5) is 0. The monoisotopic (exact) mass is 326 g/mol. The number of allylic oxidation sites excluding steroid dienone is 1. The highest BCUT2D eigenvalue weighted by Gasteiger charge is 2.47. The molecular weight excluding hydrogens is 288 g/mol. The van der Waals surface area contributed by atoms with Crippen LogP contribution in [0.3, 0.4) is 0 Å². The van der Waals surface area contributed by atoms with Crippen LogP contribution >= 0.6 is 11.6 Å². The average molecular weight is 327 g/mol. The van der Waals surface area contributed by atoms with E-state index < -0.39 is 0 Å². The number of halogens is 1. The number of hydrogen-bond donors (Lipinski definition) is 0. The Morgan fingerprint density at radius 2 is 1.77 bits per heavy atom. The van der Waals surface area contributed by atoms with Gasteiger partial charge < -0.3 is 0 Å². The van der Waals surface area contributed by atoms with E-state index in [0.29, 0.717) is 34.0 Å². The summed E-state index contributed by atoms with van der Waals surface area (Å²) in [6.45, 7) is 23.7. The number of rotatable bonds is 6. The zero-order chi connectivity index (χ0) is 17.3. The summed E-state index contributed by atoms with van der Waals surface area (Å²) < 4.78 is 0. The Morgan fingerprint density at radius 1 is 1.23 bits per heavy atom. The summed E-state index contributed by atoms with van der Waals surface area (Å²) in [6.07, 6.45) is 5.16. The van der Waals surface area contributed by atoms with E-state index in [1.165, 1.54) is 31.3 Å². The lowest BCUT2D eigenvalue weighted by Gasteiger charge is -2.53. The lowest BCUT2D eigenvalue weighted by molar-refractivity contribution is -0.00421. The molecule has 0 aliphatic heterocycles. The van der Waals surface area contributed by atoms with Crippen LogP contribution < -0.4 is 0 Å². The topological polar surface area (TPSA) is 0 Å². The van der Waals surface area contributed by atoms with Gasteiger partial charge in [-0.25, -0.2) is 0 Å². The van der Waals surface area contributed by atoms with Crippen molar-refractivity contribution < 1.29 is 0 Å². The predicted octanol–water partition coefficient (Wildman–Crippen LogP) is 7.32. The molecule has 22 heavy (non-hydrogen) atoms. The third-order valence-electron chi connectivity index (χ3n) is 5.45. The molecule has 0 saturated heterocycles. The van der Waals surface area contributed by atoms with Gasteiger partial charge in [0.1, 0.15) is 0 Å². The Balaban J connectivity index is 3.06. The molecular formula is C21H39Cl. The molecule has 2 unspecified atom stereocenters. The molecule has 1 saturated carbocycles. The molecule has 1 aliphatic rings. The van der Waals surface area contributed by atoms with E-state index >= 15 is 0 Å². The van der Waals surface area contributed by atoms with Crippen molar-refractivity contribution in [2.75, 3.05) is 5.88 Å². The summed E-state index contributed by atoms with van der Waals surface area (Å²) in [7, 11) is 0. The van der Waals surface area contributed by atoms with Crippen molar-refractivity contribution in [3.8, 4) is 0 Å². The first-order valence-corrected chi connectivity index (χ1v) is 9.57. The van der Waals surface area contributed by atoms with Gasteiger partial charge in [-0.2, -0.15) is 0 Å². The molecule has 0 N–H and O–H groups in total. The molecule has 1 aliphatic carbocycles. The minimum atomic E-state index is 0.298. The second-order valence-electron chi connectivity index (χ2n) is 10.5. The third-order valence-corrected chi connectivity index (χ3v) is 5.79. The Morgan fingerprint density at radius 3 is 2.23 bits per heavy atom. The van der Waals surface area contributed by atoms with E-state index in [4.69, 9.17) is 11.6 Å². The molecule has 0 spiro atoms. The minimum absolute atomic E-state index is 0.298. The second-order valence-corrected chi connectivity index (χ2v) is 10.8. The predicted molar refractivity (Wildman–Crippen MR) is 101 cm³/mol. The lowest BCUT2D eigenvalue weighted by atomic mass is 9.52. The van der Waals surface area contributed by atoms with Crippen molar-refractivity contribution in [3.05, 3.63) is 12.2 Å². The van der Waals surface area contributed by atoms with Gasteiger partial charge in [0.15, 0.2) is 0 Å². The fourth-order valence-electron chi connectivity index (χ4n) is 5.94. The van der Waals surface area contributed by atoms with Gasteiger partial charge in [0.25, 0.3) is 0 Å². The molecule has 0 aromatic rings. The highest BCUT2D eigenvalue weighted by atomic mass is 35.5. The molecule has 1 heteroatoms. The van der Waals surface area contributed by atoms with Crippen LogP contribution in [0.1, 0.15) is 81.1 Å². The minimum Gasteiger partial charge on any atom is -0.122 e. The van der Waals surface area contributed by atoms with Gasteiger partial charge in [-0.1, -0.05) is 67.5 Å². The number of hydrogen-bond acceptors (Lipinski definition) is 0. The Kier molecular flexibility index (Phi) is 6.27. The van der Waals surface area contributed by atoms with Gasteiger partial charge >= 0.3 is 0 Å². The van der Waals surface area contributed by atoms with Crippen molar-refractivity contribution in [3.63, 3.8) is 0 Å². The number of alkyl halides is 1. The summed E-state index contributed by atoms with van der Waals surface area (Å²) in [5.74, 6) is 2.63. The second kappa shape index (κ2) is 6.88. The standard InChI is InChI=1S/C21H39Cl/c1-15(2)10-19(4,5)11-17-12-20(6,7)14-21(8,9)18(17)16(3)13-22/h15,17-18H,3,10-14H2,1-2,4-9H3. The van der Waals surface area contributed by atoms with Gasteiger partial charge in [-0.3, -0.25) is 0 Å². The van der Waals surface area contributed by atoms with Gasteiger partial charge in [-0.05, 0) is 59.7 Å². The van der Waals surface area contributed by atoms with E-state index in [9.17, 15) is 0 Å². The summed E-state index contributed by atoms with van der Waals surface area (Å²) in [5, 5.41) is 0. The molecule has 1 rings (SSSR count). The SMILES string of the molecule is C=C(CCl)C1C(CC(C)(C)CC(C)C)CC(C)(C)CC1(C)C. The molecule has 0 bridgehead atoms. The van der Waals surface area contributed by atoms with Crippen LogP contribution in [0.2, 0.25) is 0 Å². The molecule has 0 nitrogen and oxygen atoms in total. The quantitative estimate of drug-likeness (QED) is 0.354. The zero-order valence-electron chi connectivity index (χ0n) is 16.4. The molecule has 0 heterocycles. The fourth-order valence-corrected chi connectivity index (χ4v) is 6.10. The Bertz CT molecular complexity index is 387. The first-order valence-electron chi connectivity index (χ1n) is 9.03. The van der Waals surface area contributed by atoms with Gasteiger partial charge in [-0.15, -0.1) is 11.6 Å². The van der Waals surface area contributed by atoms with Gasteiger partial charge in [0.05, 0.1) is 0 Å². The van der Waals surface area contributed by atoms with Gasteiger partial charge in [0.2, 0.25) is 0 Å². The molecule has 0 aromatic carbocycles. The molecule has 0 aromatic heterocycles. The van der Waals surface area contributed by atoms with Crippen molar-refractivity contribution in [2.24, 2.45) is 34.0 Å². The maximum atomic E-state index is 6.21. The smallest absolute Gasteiger partial charge is 0.0433 e. The van der Waals surface area contributed by atoms with Crippen molar-refractivity contribution in [1.29, 1.82) is 0 Å². The van der Waals surface area contributed by atoms with E-state index in [1.54, 1.807) is 0 Å². The van der Waals surface area contributed by atoms with Crippen LogP contribution in [0.25, 0.3) is 0 Å². The van der Waals surface area contributed by atoms with Crippen molar-refractivity contribution in [1.82, 2.24) is 0 Å². The van der Waals surface area contributed by atoms with Crippen LogP contribution in [0.4, 0.5) is 0 Å². The molecule has 1 fully saturated rings. The maximum absolute atomic E-state index is 6.21. The Labute approximate surface area is 145 Å². The molecule has 2 atom stereocenters. The van der Waals surface area contributed by atoms with E-state index in [-0.39, 0.29) is 0 Å². The van der Waals surface area contributed by atoms with Crippen LogP contribution in [0.5, 0.6) is 0 Å². The Hall–Kier alpha value is 0.0300. The highest BCUT2D eigenvalue weighted by Crippen LogP contribution is 2.57. The van der Waals surface area contributed by atoms with Crippen LogP contribution in [-0.4, -0.2) is 5.88 Å². The zero-order valence-corrected chi connectivity index (χ0v) is 17.1. The third kappa shape index (κ3) is 5.29. The lowest BCUT2D eigenvalue weighted by Crippen LogP contribution is -2.44. The van der Waals surface area contributed by atoms with Crippen LogP contribution in [0, 0.1) is 34.0 Å². The first-order chi connectivity index (χ1) is 9.80. The first kappa shape index (κ1) is 20.1. The van der Waals surface area contributed by atoms with E-state index in [0.717, 1.165) is 5.92 Å². The summed E-state index contributed by atoms with van der Waals surface area (Å²) in [5.41, 5.74) is 2.37. The summed E-state index contributed by atoms with van der Waals surface area (Å²) in [6, 6.07) is 0. The van der Waals surface area contributed by atoms with E-state index in [2.05, 4.69) is 62.0 Å².